The van der Waals surface area contributed by atoms with E-state index in [0.717, 1.165) is 17.1 Å². The number of hydrogen-bond acceptors (Lipinski definition) is 4. The summed E-state index contributed by atoms with van der Waals surface area (Å²) in [5, 5.41) is 0.601. The molecule has 27 heavy (non-hydrogen) atoms. The van der Waals surface area contributed by atoms with Gasteiger partial charge in [-0.3, -0.25) is 14.5 Å². The second-order valence-electron chi connectivity index (χ2n) is 6.60. The molecule has 140 valence electrons. The van der Waals surface area contributed by atoms with E-state index in [-0.39, 0.29) is 24.9 Å². The number of benzene rings is 2. The molecule has 0 atom stereocenters. The molecule has 2 aliphatic heterocycles. The van der Waals surface area contributed by atoms with Crippen molar-refractivity contribution in [1.82, 2.24) is 4.90 Å². The van der Waals surface area contributed by atoms with E-state index in [4.69, 9.17) is 16.3 Å². The number of ether oxygens (including phenoxy) is 1. The number of carbonyl (C=O) groups excluding carboxylic acids is 2. The Morgan fingerprint density at radius 3 is 2.74 bits per heavy atom. The molecule has 0 saturated carbocycles. The predicted molar refractivity (Wildman–Crippen MR) is 105 cm³/mol. The topological polar surface area (TPSA) is 53.1 Å². The van der Waals surface area contributed by atoms with Gasteiger partial charge in [0, 0.05) is 23.8 Å². The first kappa shape index (κ1) is 17.8. The van der Waals surface area contributed by atoms with Crippen molar-refractivity contribution >= 4 is 34.8 Å². The van der Waals surface area contributed by atoms with Crippen molar-refractivity contribution in [2.24, 2.45) is 0 Å². The average Bonchev–Trinajstić information content (AvgIpc) is 2.67. The number of anilines is 2. The Balaban J connectivity index is 1.40. The zero-order chi connectivity index (χ0) is 18.8. The van der Waals surface area contributed by atoms with Gasteiger partial charge in [0.1, 0.15) is 12.4 Å². The normalized spacial score (nSPS) is 17.4. The fourth-order valence-corrected chi connectivity index (χ4v) is 3.66. The van der Waals surface area contributed by atoms with E-state index < -0.39 is 0 Å². The summed E-state index contributed by atoms with van der Waals surface area (Å²) in [6.07, 6.45) is 0. The minimum Gasteiger partial charge on any atom is -0.490 e. The minimum atomic E-state index is -0.0290. The summed E-state index contributed by atoms with van der Waals surface area (Å²) in [6.45, 7) is 2.59. The zero-order valence-corrected chi connectivity index (χ0v) is 15.6. The SMILES string of the molecule is O=C1CN(CC(=O)N2CCOc3ccccc32)CCN1c1cccc(Cl)c1. The minimum absolute atomic E-state index is 0.0187. The van der Waals surface area contributed by atoms with Crippen molar-refractivity contribution < 1.29 is 14.3 Å². The molecule has 1 saturated heterocycles. The Hall–Kier alpha value is -2.57. The Kier molecular flexibility index (Phi) is 5.01. The van der Waals surface area contributed by atoms with Crippen LogP contribution < -0.4 is 14.5 Å². The van der Waals surface area contributed by atoms with Gasteiger partial charge >= 0.3 is 0 Å². The summed E-state index contributed by atoms with van der Waals surface area (Å²) in [7, 11) is 0. The molecule has 2 aromatic rings. The fraction of sp³-hybridized carbons (Fsp3) is 0.300. The van der Waals surface area contributed by atoms with E-state index in [1.165, 1.54) is 0 Å². The molecule has 4 rings (SSSR count). The number of fused-ring (bicyclic) bond motifs is 1. The summed E-state index contributed by atoms with van der Waals surface area (Å²) >= 11 is 6.03. The third-order valence-electron chi connectivity index (χ3n) is 4.81. The summed E-state index contributed by atoms with van der Waals surface area (Å²) < 4.78 is 5.60. The monoisotopic (exact) mass is 385 g/mol. The number of nitrogens with zero attached hydrogens (tertiary/aromatic N) is 3. The van der Waals surface area contributed by atoms with E-state index in [9.17, 15) is 9.59 Å². The second-order valence-corrected chi connectivity index (χ2v) is 7.03. The van der Waals surface area contributed by atoms with Crippen LogP contribution in [0.5, 0.6) is 5.75 Å². The Morgan fingerprint density at radius 1 is 1.07 bits per heavy atom. The lowest BCUT2D eigenvalue weighted by molar-refractivity contribution is -0.124. The smallest absolute Gasteiger partial charge is 0.241 e. The van der Waals surface area contributed by atoms with Crippen molar-refractivity contribution in [2.45, 2.75) is 0 Å². The highest BCUT2D eigenvalue weighted by Gasteiger charge is 2.29. The van der Waals surface area contributed by atoms with Crippen LogP contribution in [0, 0.1) is 0 Å². The molecule has 7 heteroatoms. The summed E-state index contributed by atoms with van der Waals surface area (Å²) in [4.78, 5) is 30.7. The number of halogens is 1. The van der Waals surface area contributed by atoms with Crippen LogP contribution in [0.15, 0.2) is 48.5 Å². The Bertz CT molecular complexity index is 873. The highest BCUT2D eigenvalue weighted by atomic mass is 35.5. The Labute approximate surface area is 162 Å². The van der Waals surface area contributed by atoms with Gasteiger partial charge in [0.05, 0.1) is 25.3 Å². The van der Waals surface area contributed by atoms with Crippen LogP contribution in [0.1, 0.15) is 0 Å². The maximum absolute atomic E-state index is 12.8. The van der Waals surface area contributed by atoms with Crippen molar-refractivity contribution in [3.05, 3.63) is 53.6 Å². The lowest BCUT2D eigenvalue weighted by Gasteiger charge is -2.36. The number of rotatable bonds is 3. The third kappa shape index (κ3) is 3.77. The third-order valence-corrected chi connectivity index (χ3v) is 5.04. The highest BCUT2D eigenvalue weighted by molar-refractivity contribution is 6.30. The first-order valence-electron chi connectivity index (χ1n) is 8.92. The second kappa shape index (κ2) is 7.58. The molecular weight excluding hydrogens is 366 g/mol. The number of carbonyl (C=O) groups is 2. The Morgan fingerprint density at radius 2 is 1.93 bits per heavy atom. The van der Waals surface area contributed by atoms with Gasteiger partial charge in [0.2, 0.25) is 11.8 Å². The highest BCUT2D eigenvalue weighted by Crippen LogP contribution is 2.31. The van der Waals surface area contributed by atoms with Crippen LogP contribution in [0.25, 0.3) is 0 Å². The quantitative estimate of drug-likeness (QED) is 0.814. The van der Waals surface area contributed by atoms with Gasteiger partial charge in [-0.15, -0.1) is 0 Å². The number of amides is 2. The predicted octanol–water partition coefficient (Wildman–Crippen LogP) is 2.41. The molecule has 0 bridgehead atoms. The van der Waals surface area contributed by atoms with Crippen LogP contribution in [0.3, 0.4) is 0 Å². The molecule has 0 spiro atoms. The van der Waals surface area contributed by atoms with Gasteiger partial charge in [-0.25, -0.2) is 0 Å². The molecular formula is C20H20ClN3O3. The van der Waals surface area contributed by atoms with Crippen LogP contribution in [-0.2, 0) is 9.59 Å². The number of hydrogen-bond donors (Lipinski definition) is 0. The molecule has 0 aliphatic carbocycles. The van der Waals surface area contributed by atoms with Crippen molar-refractivity contribution in [3.8, 4) is 5.75 Å². The van der Waals surface area contributed by atoms with Gasteiger partial charge in [-0.2, -0.15) is 0 Å². The molecule has 2 heterocycles. The van der Waals surface area contributed by atoms with Gasteiger partial charge in [0.25, 0.3) is 0 Å². The number of piperazine rings is 1. The van der Waals surface area contributed by atoms with E-state index in [1.54, 1.807) is 21.9 Å². The number of para-hydroxylation sites is 2. The summed E-state index contributed by atoms with van der Waals surface area (Å²) in [6, 6.07) is 14.8. The van der Waals surface area contributed by atoms with Gasteiger partial charge in [0.15, 0.2) is 0 Å². The van der Waals surface area contributed by atoms with Crippen LogP contribution in [-0.4, -0.2) is 56.0 Å². The van der Waals surface area contributed by atoms with Crippen LogP contribution in [0.2, 0.25) is 5.02 Å². The molecule has 0 unspecified atom stereocenters. The molecule has 2 aromatic carbocycles. The summed E-state index contributed by atoms with van der Waals surface area (Å²) in [5.74, 6) is 0.674. The summed E-state index contributed by atoms with van der Waals surface area (Å²) in [5.41, 5.74) is 1.58. The molecule has 0 aromatic heterocycles. The van der Waals surface area contributed by atoms with Crippen molar-refractivity contribution in [3.63, 3.8) is 0 Å². The maximum Gasteiger partial charge on any atom is 0.241 e. The molecule has 2 amide bonds. The standard InChI is InChI=1S/C20H20ClN3O3/c21-15-4-3-5-16(12-15)23-9-8-22(13-19(23)25)14-20(26)24-10-11-27-18-7-2-1-6-17(18)24/h1-7,12H,8-11,13-14H2. The first-order chi connectivity index (χ1) is 13.1. The molecule has 1 fully saturated rings. The largest absolute Gasteiger partial charge is 0.490 e. The lowest BCUT2D eigenvalue weighted by Crippen LogP contribution is -2.53. The van der Waals surface area contributed by atoms with E-state index in [2.05, 4.69) is 0 Å². The van der Waals surface area contributed by atoms with Crippen LogP contribution in [0.4, 0.5) is 11.4 Å². The van der Waals surface area contributed by atoms with Crippen LogP contribution >= 0.6 is 11.6 Å². The fourth-order valence-electron chi connectivity index (χ4n) is 3.48. The molecule has 0 radical (unpaired) electrons. The van der Waals surface area contributed by atoms with Gasteiger partial charge in [-0.1, -0.05) is 29.8 Å². The van der Waals surface area contributed by atoms with Gasteiger partial charge in [-0.05, 0) is 30.3 Å². The van der Waals surface area contributed by atoms with E-state index in [0.29, 0.717) is 31.3 Å². The molecule has 0 N–H and O–H groups in total. The van der Waals surface area contributed by atoms with E-state index in [1.807, 2.05) is 41.3 Å². The van der Waals surface area contributed by atoms with Crippen molar-refractivity contribution in [1.29, 1.82) is 0 Å². The van der Waals surface area contributed by atoms with Gasteiger partial charge < -0.3 is 14.5 Å². The maximum atomic E-state index is 12.8. The molecule has 2 aliphatic rings. The average molecular weight is 386 g/mol. The first-order valence-corrected chi connectivity index (χ1v) is 9.30. The van der Waals surface area contributed by atoms with E-state index >= 15 is 0 Å². The zero-order valence-electron chi connectivity index (χ0n) is 14.8. The lowest BCUT2D eigenvalue weighted by atomic mass is 10.2. The molecule has 6 nitrogen and oxygen atoms in total. The van der Waals surface area contributed by atoms with Crippen molar-refractivity contribution in [2.75, 3.05) is 49.1 Å².